The zero-order chi connectivity index (χ0) is 13.7. The second kappa shape index (κ2) is 9.11. The van der Waals surface area contributed by atoms with Crippen LogP contribution in [0.2, 0.25) is 0 Å². The van der Waals surface area contributed by atoms with Crippen LogP contribution in [-0.2, 0) is 10.5 Å². The van der Waals surface area contributed by atoms with Crippen molar-refractivity contribution in [2.45, 2.75) is 10.6 Å². The zero-order valence-corrected chi connectivity index (χ0v) is 13.9. The van der Waals surface area contributed by atoms with E-state index in [0.717, 1.165) is 15.1 Å². The Morgan fingerprint density at radius 3 is 2.50 bits per heavy atom. The molecule has 0 saturated heterocycles. The van der Waals surface area contributed by atoms with Crippen molar-refractivity contribution in [2.24, 2.45) is 0 Å². The molecule has 20 heavy (non-hydrogen) atoms. The molecule has 0 N–H and O–H groups in total. The summed E-state index contributed by atoms with van der Waals surface area (Å²) in [7, 11) is 1.39. The summed E-state index contributed by atoms with van der Waals surface area (Å²) in [4.78, 5) is 12.6. The normalized spacial score (nSPS) is 9.70. The van der Waals surface area contributed by atoms with Gasteiger partial charge in [-0.2, -0.15) is 0 Å². The SMILES string of the molecule is COC(=O)c1cccc(SCc2ccccc2)c1Br.[Ar]. The van der Waals surface area contributed by atoms with Gasteiger partial charge >= 0.3 is 5.97 Å². The van der Waals surface area contributed by atoms with Gasteiger partial charge < -0.3 is 4.74 Å². The van der Waals surface area contributed by atoms with Crippen molar-refractivity contribution >= 4 is 33.7 Å². The predicted octanol–water partition coefficient (Wildman–Crippen LogP) is 4.53. The Morgan fingerprint density at radius 2 is 1.85 bits per heavy atom. The maximum Gasteiger partial charge on any atom is 0.339 e. The van der Waals surface area contributed by atoms with Crippen molar-refractivity contribution < 1.29 is 47.3 Å². The molecule has 0 heterocycles. The summed E-state index contributed by atoms with van der Waals surface area (Å²) < 4.78 is 5.55. The Kier molecular flexibility index (Phi) is 8.22. The van der Waals surface area contributed by atoms with Gasteiger partial charge in [-0.1, -0.05) is 36.4 Å². The number of hydrogen-bond acceptors (Lipinski definition) is 3. The summed E-state index contributed by atoms with van der Waals surface area (Å²) in [5.41, 5.74) is 1.81. The number of carbonyl (C=O) groups is 1. The van der Waals surface area contributed by atoms with Crippen molar-refractivity contribution in [1.29, 1.82) is 0 Å². The number of ether oxygens (including phenoxy) is 1. The van der Waals surface area contributed by atoms with E-state index in [1.165, 1.54) is 12.7 Å². The van der Waals surface area contributed by atoms with Crippen LogP contribution in [0.15, 0.2) is 57.9 Å². The Labute approximate surface area is 161 Å². The summed E-state index contributed by atoms with van der Waals surface area (Å²) >= 11 is 5.16. The van der Waals surface area contributed by atoms with Crippen LogP contribution in [0.25, 0.3) is 0 Å². The van der Waals surface area contributed by atoms with E-state index in [9.17, 15) is 4.79 Å². The van der Waals surface area contributed by atoms with Gasteiger partial charge in [0.2, 0.25) is 0 Å². The van der Waals surface area contributed by atoms with Gasteiger partial charge in [-0.05, 0) is 33.6 Å². The van der Waals surface area contributed by atoms with Crippen molar-refractivity contribution in [3.8, 4) is 0 Å². The number of thioether (sulfide) groups is 1. The predicted molar refractivity (Wildman–Crippen MR) is 81.5 cm³/mol. The van der Waals surface area contributed by atoms with Gasteiger partial charge in [0.05, 0.1) is 12.7 Å². The molecule has 0 aliphatic carbocycles. The van der Waals surface area contributed by atoms with Crippen LogP contribution in [0, 0.1) is 37.7 Å². The first-order chi connectivity index (χ1) is 9.22. The first-order valence-corrected chi connectivity index (χ1v) is 7.54. The van der Waals surface area contributed by atoms with Gasteiger partial charge in [-0.15, -0.1) is 11.8 Å². The van der Waals surface area contributed by atoms with Crippen LogP contribution in [0.3, 0.4) is 0 Å². The summed E-state index contributed by atoms with van der Waals surface area (Å²) in [5.74, 6) is 0.540. The monoisotopic (exact) mass is 376 g/mol. The van der Waals surface area contributed by atoms with Gasteiger partial charge in [-0.3, -0.25) is 0 Å². The first-order valence-electron chi connectivity index (χ1n) is 5.76. The second-order valence-electron chi connectivity index (χ2n) is 3.88. The standard InChI is InChI=1S/C15H13BrO2S.Ar/c1-18-15(17)12-8-5-9-13(14(12)16)19-10-11-6-3-2-4-7-11;/h2-9H,10H2,1H3;. The van der Waals surface area contributed by atoms with Crippen molar-refractivity contribution in [3.05, 3.63) is 64.1 Å². The molecule has 106 valence electrons. The molecular weight excluding hydrogens is 364 g/mol. The molecule has 0 bridgehead atoms. The van der Waals surface area contributed by atoms with Gasteiger partial charge in [-0.25, -0.2) is 4.79 Å². The number of benzene rings is 2. The Hall–Kier alpha value is -0.000260. The van der Waals surface area contributed by atoms with E-state index in [0.29, 0.717) is 5.56 Å². The molecule has 2 nitrogen and oxygen atoms in total. The van der Waals surface area contributed by atoms with E-state index in [1.807, 2.05) is 30.3 Å². The Morgan fingerprint density at radius 1 is 1.15 bits per heavy atom. The molecule has 0 aromatic heterocycles. The minimum absolute atomic E-state index is 0. The fourth-order valence-corrected chi connectivity index (χ4v) is 3.32. The third kappa shape index (κ3) is 4.78. The van der Waals surface area contributed by atoms with E-state index < -0.39 is 0 Å². The Balaban J connectivity index is 0.00000200. The summed E-state index contributed by atoms with van der Waals surface area (Å²) in [6, 6.07) is 15.8. The van der Waals surface area contributed by atoms with Crippen molar-refractivity contribution in [1.82, 2.24) is 0 Å². The molecule has 2 rings (SSSR count). The van der Waals surface area contributed by atoms with E-state index in [1.54, 1.807) is 17.8 Å². The smallest absolute Gasteiger partial charge is 0.339 e. The minimum Gasteiger partial charge on any atom is -0.465 e. The maximum absolute atomic E-state index is 11.6. The van der Waals surface area contributed by atoms with E-state index >= 15 is 0 Å². The molecule has 0 amide bonds. The average Bonchev–Trinajstić information content (AvgIpc) is 2.46. The fraction of sp³-hybridized carbons (Fsp3) is 0.133. The second-order valence-corrected chi connectivity index (χ2v) is 5.69. The largest absolute Gasteiger partial charge is 0.465 e. The van der Waals surface area contributed by atoms with E-state index in [-0.39, 0.29) is 43.7 Å². The third-order valence-corrected chi connectivity index (χ3v) is 4.85. The molecule has 2 aromatic rings. The van der Waals surface area contributed by atoms with Gasteiger partial charge in [0, 0.05) is 52.9 Å². The number of rotatable bonds is 4. The number of carbonyl (C=O) groups excluding carboxylic acids is 1. The van der Waals surface area contributed by atoms with Gasteiger partial charge in [0.15, 0.2) is 0 Å². The van der Waals surface area contributed by atoms with Crippen LogP contribution < -0.4 is 0 Å². The van der Waals surface area contributed by atoms with Crippen LogP contribution >= 0.6 is 27.7 Å². The molecule has 0 aliphatic heterocycles. The van der Waals surface area contributed by atoms with Gasteiger partial charge in [0.1, 0.15) is 0 Å². The summed E-state index contributed by atoms with van der Waals surface area (Å²) in [6.45, 7) is 0. The summed E-state index contributed by atoms with van der Waals surface area (Å²) in [5, 5.41) is 0. The number of esters is 1. The van der Waals surface area contributed by atoms with Crippen molar-refractivity contribution in [3.63, 3.8) is 0 Å². The number of methoxy groups -OCH3 is 1. The Bertz CT molecular complexity index is 575. The number of halogens is 1. The third-order valence-electron chi connectivity index (χ3n) is 2.61. The van der Waals surface area contributed by atoms with Crippen LogP contribution in [0.4, 0.5) is 0 Å². The molecule has 0 unspecified atom stereocenters. The van der Waals surface area contributed by atoms with Crippen LogP contribution in [0.1, 0.15) is 15.9 Å². The molecule has 0 saturated carbocycles. The fourth-order valence-electron chi connectivity index (χ4n) is 1.63. The van der Waals surface area contributed by atoms with Gasteiger partial charge in [0.25, 0.3) is 0 Å². The molecule has 0 atom stereocenters. The van der Waals surface area contributed by atoms with E-state index in [2.05, 4.69) is 28.1 Å². The zero-order valence-electron chi connectivity index (χ0n) is 10.8. The average molecular weight is 377 g/mol. The molecule has 5 heteroatoms. The van der Waals surface area contributed by atoms with Crippen LogP contribution in [0.5, 0.6) is 0 Å². The van der Waals surface area contributed by atoms with E-state index in [4.69, 9.17) is 4.74 Å². The number of hydrogen-bond donors (Lipinski definition) is 0. The quantitative estimate of drug-likeness (QED) is 0.579. The molecule has 0 aliphatic rings. The molecule has 0 fully saturated rings. The molecule has 2 aromatic carbocycles. The maximum atomic E-state index is 11.6. The first kappa shape index (κ1) is 18.0. The topological polar surface area (TPSA) is 26.3 Å². The molecular formula is C15H13ArBrO2S. The minimum atomic E-state index is -0.325. The van der Waals surface area contributed by atoms with Crippen molar-refractivity contribution in [2.75, 3.05) is 7.11 Å². The molecule has 0 radical (unpaired) electrons. The summed E-state index contributed by atoms with van der Waals surface area (Å²) in [6.07, 6.45) is 0. The van der Waals surface area contributed by atoms with Crippen LogP contribution in [-0.4, -0.2) is 13.1 Å². The molecule has 0 spiro atoms.